The lowest BCUT2D eigenvalue weighted by Gasteiger charge is -2.17. The van der Waals surface area contributed by atoms with E-state index in [4.69, 9.17) is 10.4 Å². The third kappa shape index (κ3) is 5.95. The maximum atomic E-state index is 11.0. The SMILES string of the molecule is CC(N=[N+]=[N-])C(=O)OOC(C)(C)C. The van der Waals surface area contributed by atoms with E-state index < -0.39 is 17.6 Å². The maximum Gasteiger partial charge on any atom is 0.351 e. The van der Waals surface area contributed by atoms with Gasteiger partial charge in [0.25, 0.3) is 0 Å². The summed E-state index contributed by atoms with van der Waals surface area (Å²) >= 11 is 0. The first-order valence-electron chi connectivity index (χ1n) is 3.80. The Morgan fingerprint density at radius 3 is 2.46 bits per heavy atom. The van der Waals surface area contributed by atoms with Crippen molar-refractivity contribution < 1.29 is 14.6 Å². The Labute approximate surface area is 76.4 Å². The van der Waals surface area contributed by atoms with Crippen LogP contribution in [0.25, 0.3) is 10.4 Å². The third-order valence-electron chi connectivity index (χ3n) is 0.940. The minimum Gasteiger partial charge on any atom is -0.297 e. The molecule has 1 atom stereocenters. The lowest BCUT2D eigenvalue weighted by atomic mass is 10.2. The fourth-order valence-electron chi connectivity index (χ4n) is 0.360. The first kappa shape index (κ1) is 11.7. The normalized spacial score (nSPS) is 12.9. The van der Waals surface area contributed by atoms with Gasteiger partial charge in [0, 0.05) is 4.91 Å². The second kappa shape index (κ2) is 4.69. The van der Waals surface area contributed by atoms with E-state index >= 15 is 0 Å². The summed E-state index contributed by atoms with van der Waals surface area (Å²) in [6.07, 6.45) is 0. The van der Waals surface area contributed by atoms with Crippen molar-refractivity contribution in [3.63, 3.8) is 0 Å². The van der Waals surface area contributed by atoms with Gasteiger partial charge in [-0.25, -0.2) is 4.79 Å². The summed E-state index contributed by atoms with van der Waals surface area (Å²) < 4.78 is 0. The van der Waals surface area contributed by atoms with Crippen LogP contribution in [0, 0.1) is 0 Å². The van der Waals surface area contributed by atoms with Gasteiger partial charge in [-0.15, -0.1) is 0 Å². The zero-order chi connectivity index (χ0) is 10.5. The highest BCUT2D eigenvalue weighted by Gasteiger charge is 2.18. The molecule has 6 heteroatoms. The topological polar surface area (TPSA) is 84.3 Å². The zero-order valence-electron chi connectivity index (χ0n) is 8.14. The van der Waals surface area contributed by atoms with Crippen molar-refractivity contribution in [2.24, 2.45) is 5.11 Å². The molecule has 0 spiro atoms. The first-order valence-corrected chi connectivity index (χ1v) is 3.80. The number of rotatable bonds is 3. The fourth-order valence-corrected chi connectivity index (χ4v) is 0.360. The largest absolute Gasteiger partial charge is 0.351 e. The summed E-state index contributed by atoms with van der Waals surface area (Å²) in [5.74, 6) is -0.701. The average molecular weight is 187 g/mol. The van der Waals surface area contributed by atoms with Gasteiger partial charge < -0.3 is 0 Å². The minimum absolute atomic E-state index is 0.564. The van der Waals surface area contributed by atoms with Crippen molar-refractivity contribution in [1.29, 1.82) is 0 Å². The summed E-state index contributed by atoms with van der Waals surface area (Å²) in [6, 6.07) is -0.868. The molecule has 0 heterocycles. The van der Waals surface area contributed by atoms with E-state index in [0.717, 1.165) is 0 Å². The highest BCUT2D eigenvalue weighted by Crippen LogP contribution is 2.08. The van der Waals surface area contributed by atoms with Gasteiger partial charge in [-0.2, -0.15) is 4.89 Å². The second-order valence-corrected chi connectivity index (χ2v) is 3.48. The molecule has 6 nitrogen and oxygen atoms in total. The van der Waals surface area contributed by atoms with Gasteiger partial charge in [0.2, 0.25) is 0 Å². The molecule has 74 valence electrons. The van der Waals surface area contributed by atoms with Crippen LogP contribution in [0.3, 0.4) is 0 Å². The predicted molar refractivity (Wildman–Crippen MR) is 45.5 cm³/mol. The van der Waals surface area contributed by atoms with Crippen LogP contribution in [-0.2, 0) is 14.6 Å². The first-order chi connectivity index (χ1) is 5.87. The highest BCUT2D eigenvalue weighted by molar-refractivity contribution is 5.74. The van der Waals surface area contributed by atoms with Gasteiger partial charge in [-0.05, 0) is 33.2 Å². The maximum absolute atomic E-state index is 11.0. The molecule has 0 aliphatic rings. The van der Waals surface area contributed by atoms with Crippen molar-refractivity contribution >= 4 is 5.97 Å². The van der Waals surface area contributed by atoms with Gasteiger partial charge in [-0.1, -0.05) is 5.11 Å². The van der Waals surface area contributed by atoms with E-state index in [2.05, 4.69) is 14.9 Å². The molecule has 0 aliphatic carbocycles. The summed E-state index contributed by atoms with van der Waals surface area (Å²) in [5, 5.41) is 3.15. The fraction of sp³-hybridized carbons (Fsp3) is 0.857. The Hall–Kier alpha value is -1.26. The molecule has 0 aromatic rings. The quantitative estimate of drug-likeness (QED) is 0.222. The molecule has 13 heavy (non-hydrogen) atoms. The molecule has 0 rings (SSSR count). The summed E-state index contributed by atoms with van der Waals surface area (Å²) in [6.45, 7) is 6.63. The molecular formula is C7H13N3O3. The van der Waals surface area contributed by atoms with Crippen LogP contribution in [0.5, 0.6) is 0 Å². The van der Waals surface area contributed by atoms with Crippen molar-refractivity contribution in [2.45, 2.75) is 39.3 Å². The minimum atomic E-state index is -0.868. The summed E-state index contributed by atoms with van der Waals surface area (Å²) in [4.78, 5) is 22.6. The number of carbonyl (C=O) groups excluding carboxylic acids is 1. The van der Waals surface area contributed by atoms with Gasteiger partial charge in [0.15, 0.2) is 0 Å². The molecule has 0 amide bonds. The Bertz CT molecular complexity index is 228. The average Bonchev–Trinajstić information content (AvgIpc) is 1.99. The van der Waals surface area contributed by atoms with E-state index in [9.17, 15) is 4.79 Å². The van der Waals surface area contributed by atoms with E-state index in [-0.39, 0.29) is 0 Å². The van der Waals surface area contributed by atoms with Crippen LogP contribution >= 0.6 is 0 Å². The van der Waals surface area contributed by atoms with Crippen LogP contribution in [0.2, 0.25) is 0 Å². The molecular weight excluding hydrogens is 174 g/mol. The molecule has 0 bridgehead atoms. The van der Waals surface area contributed by atoms with E-state index in [0.29, 0.717) is 0 Å². The van der Waals surface area contributed by atoms with E-state index in [1.165, 1.54) is 6.92 Å². The number of hydrogen-bond donors (Lipinski definition) is 0. The Kier molecular flexibility index (Phi) is 4.23. The van der Waals surface area contributed by atoms with Crippen LogP contribution < -0.4 is 0 Å². The molecule has 0 saturated carbocycles. The van der Waals surface area contributed by atoms with Crippen molar-refractivity contribution in [3.05, 3.63) is 10.4 Å². The molecule has 0 radical (unpaired) electrons. The van der Waals surface area contributed by atoms with Crippen molar-refractivity contribution in [2.75, 3.05) is 0 Å². The Morgan fingerprint density at radius 2 is 2.08 bits per heavy atom. The molecule has 0 aromatic carbocycles. The molecule has 0 fully saturated rings. The van der Waals surface area contributed by atoms with E-state index in [1.807, 2.05) is 0 Å². The predicted octanol–water partition coefficient (Wildman–Crippen LogP) is 1.96. The van der Waals surface area contributed by atoms with Crippen molar-refractivity contribution in [3.8, 4) is 0 Å². The van der Waals surface area contributed by atoms with Crippen LogP contribution in [0.15, 0.2) is 5.11 Å². The van der Waals surface area contributed by atoms with Crippen LogP contribution in [0.4, 0.5) is 0 Å². The Balaban J connectivity index is 3.95. The smallest absolute Gasteiger partial charge is 0.297 e. The molecule has 1 unspecified atom stereocenters. The monoisotopic (exact) mass is 187 g/mol. The van der Waals surface area contributed by atoms with Crippen LogP contribution in [-0.4, -0.2) is 17.6 Å². The number of carbonyl (C=O) groups is 1. The lowest BCUT2D eigenvalue weighted by molar-refractivity contribution is -0.321. The number of hydrogen-bond acceptors (Lipinski definition) is 4. The van der Waals surface area contributed by atoms with Gasteiger partial charge in [0.05, 0.1) is 0 Å². The standard InChI is InChI=1S/C7H13N3O3/c1-5(9-10-8)6(11)12-13-7(2,3)4/h5H,1-4H3. The van der Waals surface area contributed by atoms with Gasteiger partial charge in [-0.3, -0.25) is 4.89 Å². The summed E-state index contributed by atoms with van der Waals surface area (Å²) in [5.41, 5.74) is 7.46. The third-order valence-corrected chi connectivity index (χ3v) is 0.940. The lowest BCUT2D eigenvalue weighted by Crippen LogP contribution is -2.25. The summed E-state index contributed by atoms with van der Waals surface area (Å²) in [7, 11) is 0. The van der Waals surface area contributed by atoms with E-state index in [1.54, 1.807) is 20.8 Å². The molecule has 0 aromatic heterocycles. The number of azide groups is 1. The van der Waals surface area contributed by atoms with Crippen LogP contribution in [0.1, 0.15) is 27.7 Å². The molecule has 0 saturated heterocycles. The zero-order valence-corrected chi connectivity index (χ0v) is 8.14. The molecule has 0 N–H and O–H groups in total. The van der Waals surface area contributed by atoms with Gasteiger partial charge >= 0.3 is 5.97 Å². The molecule has 0 aliphatic heterocycles. The van der Waals surface area contributed by atoms with Crippen molar-refractivity contribution in [1.82, 2.24) is 0 Å². The highest BCUT2D eigenvalue weighted by atomic mass is 17.2. The van der Waals surface area contributed by atoms with Gasteiger partial charge in [0.1, 0.15) is 11.6 Å². The second-order valence-electron chi connectivity index (χ2n) is 3.48. The Morgan fingerprint density at radius 1 is 1.54 bits per heavy atom. The number of nitrogens with zero attached hydrogens (tertiary/aromatic N) is 3.